The van der Waals surface area contributed by atoms with Gasteiger partial charge in [0.2, 0.25) is 0 Å². The fourth-order valence-corrected chi connectivity index (χ4v) is 3.03. The van der Waals surface area contributed by atoms with Crippen LogP contribution in [0.25, 0.3) is 0 Å². The minimum atomic E-state index is -5.09. The first-order chi connectivity index (χ1) is 14.6. The first-order valence-corrected chi connectivity index (χ1v) is 12.2. The Morgan fingerprint density at radius 2 is 1.47 bits per heavy atom. The molecule has 184 valence electrons. The van der Waals surface area contributed by atoms with Gasteiger partial charge in [-0.1, -0.05) is 0 Å². The van der Waals surface area contributed by atoms with Gasteiger partial charge < -0.3 is 14.6 Å². The maximum atomic E-state index is 11.4. The highest BCUT2D eigenvalue weighted by Crippen LogP contribution is 2.25. The highest BCUT2D eigenvalue weighted by Gasteiger charge is 2.23. The number of carboxylic acid groups (broad SMARTS) is 1. The van der Waals surface area contributed by atoms with Crippen molar-refractivity contribution in [3.63, 3.8) is 0 Å². The second-order valence-corrected chi connectivity index (χ2v) is 8.81. The molecular formula is C13H18O16S3. The summed E-state index contributed by atoms with van der Waals surface area (Å²) >= 11 is 0. The van der Waals surface area contributed by atoms with Gasteiger partial charge in [-0.3, -0.25) is 13.7 Å². The van der Waals surface area contributed by atoms with Crippen LogP contribution in [-0.2, 0) is 43.7 Å². The number of rotatable bonds is 15. The Morgan fingerprint density at radius 3 is 2.00 bits per heavy atom. The Labute approximate surface area is 182 Å². The van der Waals surface area contributed by atoms with Crippen LogP contribution in [0.5, 0.6) is 11.5 Å². The molecule has 0 radical (unpaired) electrons. The van der Waals surface area contributed by atoms with Crippen LogP contribution >= 0.6 is 0 Å². The van der Waals surface area contributed by atoms with E-state index in [-0.39, 0.29) is 24.5 Å². The lowest BCUT2D eigenvalue weighted by molar-refractivity contribution is 0.0654. The summed E-state index contributed by atoms with van der Waals surface area (Å²) in [4.78, 5) is 11.4. The summed E-state index contributed by atoms with van der Waals surface area (Å²) in [6.45, 7) is -2.45. The summed E-state index contributed by atoms with van der Waals surface area (Å²) in [6.07, 6.45) is -1.78. The first-order valence-electron chi connectivity index (χ1n) is 8.08. The molecule has 1 atom stereocenters. The van der Waals surface area contributed by atoms with E-state index in [4.69, 9.17) is 23.1 Å². The minimum Gasteiger partial charge on any atom is -0.493 e. The summed E-state index contributed by atoms with van der Waals surface area (Å²) < 4.78 is 112. The van der Waals surface area contributed by atoms with Gasteiger partial charge in [0.15, 0.2) is 0 Å². The fourth-order valence-electron chi connectivity index (χ4n) is 1.93. The summed E-state index contributed by atoms with van der Waals surface area (Å²) in [5.74, 6) is -1.82. The van der Waals surface area contributed by atoms with Gasteiger partial charge in [-0.2, -0.15) is 25.3 Å². The summed E-state index contributed by atoms with van der Waals surface area (Å²) in [7, 11) is -14.7. The third-order valence-corrected chi connectivity index (χ3v) is 4.47. The van der Waals surface area contributed by atoms with Gasteiger partial charge in [0, 0.05) is 6.42 Å². The van der Waals surface area contributed by atoms with E-state index >= 15 is 0 Å². The van der Waals surface area contributed by atoms with Crippen LogP contribution in [0.1, 0.15) is 16.8 Å². The normalized spacial score (nSPS) is 13.5. The van der Waals surface area contributed by atoms with Gasteiger partial charge in [-0.15, -0.1) is 0 Å². The number of aromatic carboxylic acids is 1. The van der Waals surface area contributed by atoms with Crippen LogP contribution in [0.2, 0.25) is 0 Å². The molecule has 0 amide bonds. The summed E-state index contributed by atoms with van der Waals surface area (Å²) in [5.41, 5.74) is -0.474. The van der Waals surface area contributed by atoms with E-state index in [1.807, 2.05) is 0 Å². The molecule has 32 heavy (non-hydrogen) atoms. The van der Waals surface area contributed by atoms with E-state index < -0.39 is 68.7 Å². The second-order valence-electron chi connectivity index (χ2n) is 5.58. The molecule has 0 spiro atoms. The van der Waals surface area contributed by atoms with Crippen molar-refractivity contribution in [3.8, 4) is 11.5 Å². The van der Waals surface area contributed by atoms with E-state index in [1.54, 1.807) is 0 Å². The highest BCUT2D eigenvalue weighted by atomic mass is 32.3. The SMILES string of the molecule is O=C(O)c1cc(OCCCOS(=O)(=O)O)ccc1OC[C@@H](COS(=O)(=O)O)OS(=O)(=O)O. The topological polar surface area (TPSA) is 247 Å². The lowest BCUT2D eigenvalue weighted by atomic mass is 10.2. The van der Waals surface area contributed by atoms with Crippen LogP contribution in [0.3, 0.4) is 0 Å². The van der Waals surface area contributed by atoms with Crippen LogP contribution in [0, 0.1) is 0 Å². The number of carboxylic acids is 1. The molecule has 1 aromatic carbocycles. The van der Waals surface area contributed by atoms with Gasteiger partial charge in [0.05, 0.1) is 19.8 Å². The number of benzene rings is 1. The largest absolute Gasteiger partial charge is 0.493 e. The molecule has 0 aromatic heterocycles. The van der Waals surface area contributed by atoms with E-state index in [1.165, 1.54) is 6.07 Å². The van der Waals surface area contributed by atoms with Crippen molar-refractivity contribution in [1.82, 2.24) is 0 Å². The second kappa shape index (κ2) is 11.7. The third-order valence-electron chi connectivity index (χ3n) is 3.06. The molecule has 0 aliphatic heterocycles. The average Bonchev–Trinajstić information content (AvgIpc) is 2.61. The maximum Gasteiger partial charge on any atom is 0.397 e. The first kappa shape index (κ1) is 27.9. The van der Waals surface area contributed by atoms with Crippen LogP contribution in [-0.4, -0.2) is 82.5 Å². The summed E-state index contributed by atoms with van der Waals surface area (Å²) in [5, 5.41) is 9.30. The number of ether oxygens (including phenoxy) is 2. The molecule has 0 saturated heterocycles. The number of carbonyl (C=O) groups is 1. The molecule has 0 heterocycles. The maximum absolute atomic E-state index is 11.4. The van der Waals surface area contributed by atoms with Crippen molar-refractivity contribution < 1.29 is 70.8 Å². The lowest BCUT2D eigenvalue weighted by Gasteiger charge is -2.17. The Balaban J connectivity index is 2.81. The van der Waals surface area contributed by atoms with Gasteiger partial charge in [-0.25, -0.2) is 17.3 Å². The monoisotopic (exact) mass is 526 g/mol. The quantitative estimate of drug-likeness (QED) is 0.164. The molecule has 0 bridgehead atoms. The zero-order valence-corrected chi connectivity index (χ0v) is 18.2. The van der Waals surface area contributed by atoms with Crippen molar-refractivity contribution in [2.75, 3.05) is 26.4 Å². The van der Waals surface area contributed by atoms with Crippen LogP contribution in [0.4, 0.5) is 0 Å². The average molecular weight is 526 g/mol. The van der Waals surface area contributed by atoms with E-state index in [0.29, 0.717) is 0 Å². The van der Waals surface area contributed by atoms with Crippen molar-refractivity contribution in [2.45, 2.75) is 12.5 Å². The van der Waals surface area contributed by atoms with E-state index in [0.717, 1.165) is 12.1 Å². The Hall–Kier alpha value is -2.10. The Kier molecular flexibility index (Phi) is 10.2. The highest BCUT2D eigenvalue weighted by molar-refractivity contribution is 7.81. The van der Waals surface area contributed by atoms with E-state index in [9.17, 15) is 35.2 Å². The lowest BCUT2D eigenvalue weighted by Crippen LogP contribution is -2.31. The van der Waals surface area contributed by atoms with Gasteiger partial charge >= 0.3 is 37.2 Å². The van der Waals surface area contributed by atoms with Crippen molar-refractivity contribution in [2.24, 2.45) is 0 Å². The minimum absolute atomic E-state index is 0.0158. The van der Waals surface area contributed by atoms with Crippen molar-refractivity contribution in [1.29, 1.82) is 0 Å². The molecule has 0 fully saturated rings. The smallest absolute Gasteiger partial charge is 0.397 e. The molecule has 0 saturated carbocycles. The predicted octanol–water partition coefficient (Wildman–Crippen LogP) is -0.641. The molecule has 16 nitrogen and oxygen atoms in total. The number of hydrogen-bond donors (Lipinski definition) is 4. The van der Waals surface area contributed by atoms with E-state index in [2.05, 4.69) is 12.5 Å². The van der Waals surface area contributed by atoms with Gasteiger partial charge in [-0.05, 0) is 18.2 Å². The molecule has 4 N–H and O–H groups in total. The van der Waals surface area contributed by atoms with Crippen molar-refractivity contribution in [3.05, 3.63) is 23.8 Å². The third kappa shape index (κ3) is 12.7. The Morgan fingerprint density at radius 1 is 0.844 bits per heavy atom. The molecular weight excluding hydrogens is 508 g/mol. The molecule has 0 unspecified atom stereocenters. The predicted molar refractivity (Wildman–Crippen MR) is 100 cm³/mol. The molecule has 19 heteroatoms. The molecule has 0 aliphatic carbocycles. The van der Waals surface area contributed by atoms with Gasteiger partial charge in [0.25, 0.3) is 0 Å². The van der Waals surface area contributed by atoms with Gasteiger partial charge in [0.1, 0.15) is 29.8 Å². The van der Waals surface area contributed by atoms with Crippen LogP contribution < -0.4 is 9.47 Å². The number of hydrogen-bond acceptors (Lipinski definition) is 12. The fraction of sp³-hybridized carbons (Fsp3) is 0.462. The molecule has 0 aliphatic rings. The summed E-state index contributed by atoms with van der Waals surface area (Å²) in [6, 6.07) is 3.34. The standard InChI is InChI=1S/C13H18O16S3/c14-13(15)11-6-9(25-4-1-5-27-30(16,17)18)2-3-12(11)26-7-10(29-32(22,23)24)8-28-31(19,20)21/h2-3,6,10H,1,4-5,7-8H2,(H,14,15)(H,16,17,18)(H,19,20,21)(H,22,23,24)/t10-/m0/s1. The molecule has 1 rings (SSSR count). The molecule has 1 aromatic rings. The van der Waals surface area contributed by atoms with Crippen molar-refractivity contribution >= 4 is 37.2 Å². The van der Waals surface area contributed by atoms with Crippen LogP contribution in [0.15, 0.2) is 18.2 Å². The Bertz CT molecular complexity index is 1090. The zero-order valence-electron chi connectivity index (χ0n) is 15.8. The zero-order chi connectivity index (χ0) is 24.6.